The third-order valence-electron chi connectivity index (χ3n) is 4.94. The molecule has 1 fully saturated rings. The summed E-state index contributed by atoms with van der Waals surface area (Å²) in [6.07, 6.45) is 0. The molecule has 1 N–H and O–H groups in total. The summed E-state index contributed by atoms with van der Waals surface area (Å²) in [5.41, 5.74) is 5.31. The number of benzene rings is 3. The van der Waals surface area contributed by atoms with Crippen molar-refractivity contribution < 1.29 is 18.8 Å². The number of carbonyl (C=O) groups is 2. The Balaban J connectivity index is 1.47. The maximum absolute atomic E-state index is 13.3. The van der Waals surface area contributed by atoms with Crippen molar-refractivity contribution in [3.63, 3.8) is 0 Å². The average Bonchev–Trinajstić information content (AvgIpc) is 3.30. The van der Waals surface area contributed by atoms with Crippen LogP contribution < -0.4 is 5.48 Å². The number of thioether (sulfide) groups is 1. The van der Waals surface area contributed by atoms with Crippen molar-refractivity contribution in [2.45, 2.75) is 12.0 Å². The first kappa shape index (κ1) is 21.1. The van der Waals surface area contributed by atoms with Gasteiger partial charge in [-0.25, -0.2) is 9.87 Å². The molecule has 0 saturated carbocycles. The lowest BCUT2D eigenvalue weighted by Crippen LogP contribution is -2.44. The predicted molar refractivity (Wildman–Crippen MR) is 118 cm³/mol. The summed E-state index contributed by atoms with van der Waals surface area (Å²) < 4.78 is 13.3. The second-order valence-corrected chi connectivity index (χ2v) is 8.20. The monoisotopic (exact) mass is 436 g/mol. The SMILES string of the molecule is O=C(NOCc1ccccc1)C1SCCN1C(=O)c1ccccc1-c1ccc(F)cc1. The Kier molecular flexibility index (Phi) is 6.64. The lowest BCUT2D eigenvalue weighted by molar-refractivity contribution is -0.136. The first-order valence-corrected chi connectivity index (χ1v) is 10.9. The molecule has 4 rings (SSSR count). The maximum Gasteiger partial charge on any atom is 0.276 e. The van der Waals surface area contributed by atoms with Gasteiger partial charge < -0.3 is 4.90 Å². The van der Waals surface area contributed by atoms with Crippen LogP contribution in [-0.4, -0.2) is 34.4 Å². The number of carbonyl (C=O) groups excluding carboxylic acids is 2. The highest BCUT2D eigenvalue weighted by Gasteiger charge is 2.36. The molecule has 0 radical (unpaired) electrons. The van der Waals surface area contributed by atoms with Crippen molar-refractivity contribution in [1.29, 1.82) is 0 Å². The standard InChI is InChI=1S/C24H21FN2O3S/c25-19-12-10-18(11-13-19)20-8-4-5-9-21(20)23(29)27-14-15-31-24(27)22(28)26-30-16-17-6-2-1-3-7-17/h1-13,24H,14-16H2,(H,26,28). The van der Waals surface area contributed by atoms with E-state index in [-0.39, 0.29) is 24.2 Å². The topological polar surface area (TPSA) is 58.6 Å². The molecular formula is C24H21FN2O3S. The summed E-state index contributed by atoms with van der Waals surface area (Å²) in [5.74, 6) is -0.295. The van der Waals surface area contributed by atoms with Crippen LogP contribution in [0, 0.1) is 5.82 Å². The summed E-state index contributed by atoms with van der Waals surface area (Å²) in [5, 5.41) is -0.676. The Morgan fingerprint density at radius 1 is 1.00 bits per heavy atom. The molecule has 3 aromatic rings. The molecule has 0 bridgehead atoms. The minimum Gasteiger partial charge on any atom is -0.317 e. The molecule has 1 aliphatic heterocycles. The summed E-state index contributed by atoms with van der Waals surface area (Å²) in [6, 6.07) is 22.7. The van der Waals surface area contributed by atoms with Gasteiger partial charge in [0.2, 0.25) is 0 Å². The van der Waals surface area contributed by atoms with Crippen LogP contribution in [0.2, 0.25) is 0 Å². The first-order valence-electron chi connectivity index (χ1n) is 9.86. The minimum atomic E-state index is -0.676. The summed E-state index contributed by atoms with van der Waals surface area (Å²) in [6.45, 7) is 0.698. The highest BCUT2D eigenvalue weighted by atomic mass is 32.2. The second kappa shape index (κ2) is 9.76. The molecule has 1 aliphatic rings. The van der Waals surface area contributed by atoms with E-state index in [1.165, 1.54) is 23.9 Å². The van der Waals surface area contributed by atoms with Crippen molar-refractivity contribution in [1.82, 2.24) is 10.4 Å². The third-order valence-corrected chi connectivity index (χ3v) is 6.15. The Morgan fingerprint density at radius 2 is 1.71 bits per heavy atom. The van der Waals surface area contributed by atoms with Crippen molar-refractivity contribution >= 4 is 23.6 Å². The van der Waals surface area contributed by atoms with Crippen LogP contribution in [0.4, 0.5) is 4.39 Å². The summed E-state index contributed by atoms with van der Waals surface area (Å²) in [4.78, 5) is 32.9. The van der Waals surface area contributed by atoms with Gasteiger partial charge in [-0.3, -0.25) is 14.4 Å². The van der Waals surface area contributed by atoms with Crippen LogP contribution >= 0.6 is 11.8 Å². The molecule has 31 heavy (non-hydrogen) atoms. The van der Waals surface area contributed by atoms with E-state index < -0.39 is 5.37 Å². The number of hydrogen-bond acceptors (Lipinski definition) is 4. The molecule has 5 nitrogen and oxygen atoms in total. The van der Waals surface area contributed by atoms with Crippen LogP contribution in [0.3, 0.4) is 0 Å². The van der Waals surface area contributed by atoms with Gasteiger partial charge in [0, 0.05) is 17.9 Å². The first-order chi connectivity index (χ1) is 15.1. The quantitative estimate of drug-likeness (QED) is 0.587. The molecule has 0 aliphatic carbocycles. The molecule has 2 amide bonds. The summed E-state index contributed by atoms with van der Waals surface area (Å²) >= 11 is 1.39. The van der Waals surface area contributed by atoms with E-state index in [9.17, 15) is 14.0 Å². The molecule has 0 aromatic heterocycles. The smallest absolute Gasteiger partial charge is 0.276 e. The number of nitrogens with one attached hydrogen (secondary N) is 1. The maximum atomic E-state index is 13.3. The van der Waals surface area contributed by atoms with E-state index in [1.54, 1.807) is 29.2 Å². The molecule has 1 unspecified atom stereocenters. The van der Waals surface area contributed by atoms with E-state index in [0.29, 0.717) is 23.4 Å². The van der Waals surface area contributed by atoms with Crippen LogP contribution in [0.1, 0.15) is 15.9 Å². The van der Waals surface area contributed by atoms with E-state index in [0.717, 1.165) is 11.1 Å². The highest BCUT2D eigenvalue weighted by molar-refractivity contribution is 8.00. The number of halogens is 1. The zero-order valence-corrected chi connectivity index (χ0v) is 17.5. The average molecular weight is 437 g/mol. The van der Waals surface area contributed by atoms with Gasteiger partial charge in [0.15, 0.2) is 5.37 Å². The van der Waals surface area contributed by atoms with Crippen LogP contribution in [0.15, 0.2) is 78.9 Å². The van der Waals surface area contributed by atoms with Crippen molar-refractivity contribution in [3.8, 4) is 11.1 Å². The fourth-order valence-electron chi connectivity index (χ4n) is 3.42. The molecule has 3 aromatic carbocycles. The molecule has 1 heterocycles. The number of rotatable bonds is 6. The van der Waals surface area contributed by atoms with Gasteiger partial charge in [-0.15, -0.1) is 11.8 Å². The van der Waals surface area contributed by atoms with E-state index in [2.05, 4.69) is 5.48 Å². The molecule has 0 spiro atoms. The number of nitrogens with zero attached hydrogens (tertiary/aromatic N) is 1. The van der Waals surface area contributed by atoms with Crippen LogP contribution in [-0.2, 0) is 16.2 Å². The van der Waals surface area contributed by atoms with Crippen molar-refractivity contribution in [2.75, 3.05) is 12.3 Å². The molecule has 1 saturated heterocycles. The molecular weight excluding hydrogens is 415 g/mol. The molecule has 1 atom stereocenters. The largest absolute Gasteiger partial charge is 0.317 e. The van der Waals surface area contributed by atoms with E-state index >= 15 is 0 Å². The zero-order chi connectivity index (χ0) is 21.6. The van der Waals surface area contributed by atoms with Gasteiger partial charge >= 0.3 is 0 Å². The minimum absolute atomic E-state index is 0.241. The lowest BCUT2D eigenvalue weighted by atomic mass is 9.98. The Labute approximate surface area is 184 Å². The van der Waals surface area contributed by atoms with Crippen molar-refractivity contribution in [2.24, 2.45) is 0 Å². The van der Waals surface area contributed by atoms with Gasteiger partial charge in [-0.2, -0.15) is 0 Å². The molecule has 7 heteroatoms. The summed E-state index contributed by atoms with van der Waals surface area (Å²) in [7, 11) is 0. The number of hydroxylamine groups is 1. The third kappa shape index (κ3) is 4.95. The Hall–Kier alpha value is -3.16. The lowest BCUT2D eigenvalue weighted by Gasteiger charge is -2.24. The van der Waals surface area contributed by atoms with Gasteiger partial charge in [0.05, 0.1) is 6.61 Å². The zero-order valence-electron chi connectivity index (χ0n) is 16.7. The number of amides is 2. The van der Waals surface area contributed by atoms with Gasteiger partial charge in [-0.1, -0.05) is 60.7 Å². The van der Waals surface area contributed by atoms with Crippen LogP contribution in [0.25, 0.3) is 11.1 Å². The number of hydrogen-bond donors (Lipinski definition) is 1. The highest BCUT2D eigenvalue weighted by Crippen LogP contribution is 2.30. The van der Waals surface area contributed by atoms with E-state index in [1.807, 2.05) is 42.5 Å². The van der Waals surface area contributed by atoms with Crippen molar-refractivity contribution in [3.05, 3.63) is 95.8 Å². The molecule has 158 valence electrons. The van der Waals surface area contributed by atoms with Gasteiger partial charge in [-0.05, 0) is 34.9 Å². The van der Waals surface area contributed by atoms with Crippen LogP contribution in [0.5, 0.6) is 0 Å². The normalized spacial score (nSPS) is 15.6. The Bertz CT molecular complexity index is 1060. The van der Waals surface area contributed by atoms with E-state index in [4.69, 9.17) is 4.84 Å². The van der Waals surface area contributed by atoms with Gasteiger partial charge in [0.1, 0.15) is 5.82 Å². The second-order valence-electron chi connectivity index (χ2n) is 7.01. The predicted octanol–water partition coefficient (Wildman–Crippen LogP) is 4.26. The fourth-order valence-corrected chi connectivity index (χ4v) is 4.52. The Morgan fingerprint density at radius 3 is 2.48 bits per heavy atom. The fraction of sp³-hybridized carbons (Fsp3) is 0.167. The van der Waals surface area contributed by atoms with Gasteiger partial charge in [0.25, 0.3) is 11.8 Å².